The van der Waals surface area contributed by atoms with E-state index in [1.54, 1.807) is 12.4 Å². The summed E-state index contributed by atoms with van der Waals surface area (Å²) in [6, 6.07) is 7.80. The molecule has 0 fully saturated rings. The number of aryl methyl sites for hydroxylation is 1. The maximum absolute atomic E-state index is 6.22. The van der Waals surface area contributed by atoms with E-state index in [-0.39, 0.29) is 0 Å². The molecule has 1 N–H and O–H groups in total. The lowest BCUT2D eigenvalue weighted by Gasteiger charge is -2.01. The average Bonchev–Trinajstić information content (AvgIpc) is 2.72. The van der Waals surface area contributed by atoms with Crippen molar-refractivity contribution in [2.45, 2.75) is 6.92 Å². The predicted octanol–water partition coefficient (Wildman–Crippen LogP) is 3.59. The Labute approximate surface area is 103 Å². The zero-order valence-electron chi connectivity index (χ0n) is 9.24. The monoisotopic (exact) mass is 243 g/mol. The smallest absolute Gasteiger partial charge is 0.140 e. The average molecular weight is 244 g/mol. The van der Waals surface area contributed by atoms with Crippen LogP contribution in [0.25, 0.3) is 22.4 Å². The van der Waals surface area contributed by atoms with Crippen molar-refractivity contribution < 1.29 is 0 Å². The minimum atomic E-state index is 0.706. The van der Waals surface area contributed by atoms with Crippen LogP contribution in [0.4, 0.5) is 0 Å². The number of fused-ring (bicyclic) bond motifs is 1. The number of hydrogen-bond donors (Lipinski definition) is 1. The maximum Gasteiger partial charge on any atom is 0.140 e. The summed E-state index contributed by atoms with van der Waals surface area (Å²) >= 11 is 6.22. The van der Waals surface area contributed by atoms with Gasteiger partial charge >= 0.3 is 0 Å². The number of aromatic nitrogens is 3. The number of aromatic amines is 1. The summed E-state index contributed by atoms with van der Waals surface area (Å²) in [4.78, 5) is 11.8. The van der Waals surface area contributed by atoms with Crippen LogP contribution < -0.4 is 0 Å². The molecular weight excluding hydrogens is 234 g/mol. The standard InChI is InChI=1S/C13H10ClN3/c1-8-2-3-9(10(14)6-8)13-16-11-4-5-15-7-12(11)17-13/h2-7H,1H3,(H,16,17). The van der Waals surface area contributed by atoms with E-state index in [2.05, 4.69) is 15.0 Å². The van der Waals surface area contributed by atoms with E-state index in [9.17, 15) is 0 Å². The van der Waals surface area contributed by atoms with Crippen molar-refractivity contribution in [3.8, 4) is 11.4 Å². The number of nitrogens with zero attached hydrogens (tertiary/aromatic N) is 2. The molecule has 4 heteroatoms. The van der Waals surface area contributed by atoms with Crippen LogP contribution in [0.15, 0.2) is 36.7 Å². The fraction of sp³-hybridized carbons (Fsp3) is 0.0769. The molecule has 0 saturated carbocycles. The first-order valence-corrected chi connectivity index (χ1v) is 5.68. The third kappa shape index (κ3) is 1.78. The topological polar surface area (TPSA) is 41.6 Å². The molecule has 0 amide bonds. The Balaban J connectivity index is 2.20. The van der Waals surface area contributed by atoms with Gasteiger partial charge in [-0.05, 0) is 30.7 Å². The number of imidazole rings is 1. The molecule has 0 radical (unpaired) electrons. The number of halogens is 1. The fourth-order valence-corrected chi connectivity index (χ4v) is 2.12. The maximum atomic E-state index is 6.22. The molecule has 2 aromatic heterocycles. The molecule has 0 atom stereocenters. The van der Waals surface area contributed by atoms with Crippen LogP contribution in [-0.2, 0) is 0 Å². The minimum Gasteiger partial charge on any atom is -0.337 e. The van der Waals surface area contributed by atoms with Crippen molar-refractivity contribution in [3.05, 3.63) is 47.2 Å². The zero-order chi connectivity index (χ0) is 11.8. The van der Waals surface area contributed by atoms with Gasteiger partial charge in [0.15, 0.2) is 0 Å². The Morgan fingerprint density at radius 2 is 2.12 bits per heavy atom. The van der Waals surface area contributed by atoms with Gasteiger partial charge in [-0.3, -0.25) is 4.98 Å². The molecule has 17 heavy (non-hydrogen) atoms. The number of rotatable bonds is 1. The molecule has 0 aliphatic carbocycles. The summed E-state index contributed by atoms with van der Waals surface area (Å²) in [6.07, 6.45) is 3.48. The molecule has 0 aliphatic rings. The van der Waals surface area contributed by atoms with Crippen LogP contribution in [0.1, 0.15) is 5.56 Å². The Hall–Kier alpha value is -1.87. The lowest BCUT2D eigenvalue weighted by molar-refractivity contribution is 1.32. The second-order valence-corrected chi connectivity index (χ2v) is 4.37. The Kier molecular flexibility index (Phi) is 2.34. The van der Waals surface area contributed by atoms with E-state index in [4.69, 9.17) is 11.6 Å². The summed E-state index contributed by atoms with van der Waals surface area (Å²) in [5.74, 6) is 0.776. The summed E-state index contributed by atoms with van der Waals surface area (Å²) in [7, 11) is 0. The van der Waals surface area contributed by atoms with Gasteiger partial charge in [-0.25, -0.2) is 4.98 Å². The van der Waals surface area contributed by atoms with E-state index in [1.807, 2.05) is 31.2 Å². The van der Waals surface area contributed by atoms with Crippen LogP contribution >= 0.6 is 11.6 Å². The molecule has 1 aromatic carbocycles. The Bertz CT molecular complexity index is 655. The van der Waals surface area contributed by atoms with Gasteiger partial charge in [0.05, 0.1) is 22.3 Å². The van der Waals surface area contributed by atoms with E-state index in [0.29, 0.717) is 5.02 Å². The van der Waals surface area contributed by atoms with Crippen LogP contribution in [0.3, 0.4) is 0 Å². The van der Waals surface area contributed by atoms with Gasteiger partial charge in [-0.1, -0.05) is 17.7 Å². The van der Waals surface area contributed by atoms with Crippen molar-refractivity contribution in [3.63, 3.8) is 0 Å². The van der Waals surface area contributed by atoms with Crippen molar-refractivity contribution >= 4 is 22.6 Å². The minimum absolute atomic E-state index is 0.706. The first kappa shape index (κ1) is 10.3. The molecule has 2 heterocycles. The van der Waals surface area contributed by atoms with E-state index in [0.717, 1.165) is 28.0 Å². The lowest BCUT2D eigenvalue weighted by Crippen LogP contribution is -1.83. The van der Waals surface area contributed by atoms with Crippen molar-refractivity contribution in [1.29, 1.82) is 0 Å². The predicted molar refractivity (Wildman–Crippen MR) is 69.1 cm³/mol. The number of H-pyrrole nitrogens is 1. The van der Waals surface area contributed by atoms with Gasteiger partial charge in [-0.15, -0.1) is 0 Å². The summed E-state index contributed by atoms with van der Waals surface area (Å²) in [6.45, 7) is 2.01. The fourth-order valence-electron chi connectivity index (χ4n) is 1.80. The van der Waals surface area contributed by atoms with Gasteiger partial charge < -0.3 is 4.98 Å². The zero-order valence-corrected chi connectivity index (χ0v) is 9.99. The van der Waals surface area contributed by atoms with E-state index in [1.165, 1.54) is 0 Å². The molecular formula is C13H10ClN3. The van der Waals surface area contributed by atoms with Crippen LogP contribution in [0, 0.1) is 6.92 Å². The molecule has 3 aromatic rings. The third-order valence-electron chi connectivity index (χ3n) is 2.66. The number of hydrogen-bond acceptors (Lipinski definition) is 2. The second kappa shape index (κ2) is 3.86. The van der Waals surface area contributed by atoms with Crippen LogP contribution in [0.2, 0.25) is 5.02 Å². The normalized spacial score (nSPS) is 10.9. The van der Waals surface area contributed by atoms with Gasteiger partial charge in [0.1, 0.15) is 5.82 Å². The Morgan fingerprint density at radius 1 is 1.24 bits per heavy atom. The van der Waals surface area contributed by atoms with Crippen molar-refractivity contribution in [2.24, 2.45) is 0 Å². The Morgan fingerprint density at radius 3 is 2.88 bits per heavy atom. The highest BCUT2D eigenvalue weighted by Crippen LogP contribution is 2.27. The lowest BCUT2D eigenvalue weighted by atomic mass is 10.1. The SMILES string of the molecule is Cc1ccc(-c2nc3ccncc3[nH]2)c(Cl)c1. The van der Waals surface area contributed by atoms with Crippen LogP contribution in [-0.4, -0.2) is 15.0 Å². The molecule has 3 rings (SSSR count). The summed E-state index contributed by atoms with van der Waals surface area (Å²) in [5.41, 5.74) is 3.86. The number of nitrogens with one attached hydrogen (secondary N) is 1. The molecule has 3 nitrogen and oxygen atoms in total. The van der Waals surface area contributed by atoms with Gasteiger partial charge in [0.2, 0.25) is 0 Å². The number of pyridine rings is 1. The van der Waals surface area contributed by atoms with Crippen molar-refractivity contribution in [2.75, 3.05) is 0 Å². The second-order valence-electron chi connectivity index (χ2n) is 3.96. The molecule has 0 aliphatic heterocycles. The van der Waals surface area contributed by atoms with Gasteiger partial charge in [0, 0.05) is 11.8 Å². The summed E-state index contributed by atoms with van der Waals surface area (Å²) < 4.78 is 0. The van der Waals surface area contributed by atoms with E-state index < -0.39 is 0 Å². The highest BCUT2D eigenvalue weighted by Gasteiger charge is 2.08. The highest BCUT2D eigenvalue weighted by atomic mass is 35.5. The largest absolute Gasteiger partial charge is 0.337 e. The molecule has 0 spiro atoms. The molecule has 0 saturated heterocycles. The number of benzene rings is 1. The third-order valence-corrected chi connectivity index (χ3v) is 2.98. The molecule has 0 unspecified atom stereocenters. The van der Waals surface area contributed by atoms with E-state index >= 15 is 0 Å². The first-order chi connectivity index (χ1) is 8.24. The van der Waals surface area contributed by atoms with Gasteiger partial charge in [-0.2, -0.15) is 0 Å². The molecule has 0 bridgehead atoms. The summed E-state index contributed by atoms with van der Waals surface area (Å²) in [5, 5.41) is 0.706. The quantitative estimate of drug-likeness (QED) is 0.710. The molecule has 84 valence electrons. The van der Waals surface area contributed by atoms with Crippen LogP contribution in [0.5, 0.6) is 0 Å². The van der Waals surface area contributed by atoms with Crippen molar-refractivity contribution in [1.82, 2.24) is 15.0 Å². The van der Waals surface area contributed by atoms with Gasteiger partial charge in [0.25, 0.3) is 0 Å². The highest BCUT2D eigenvalue weighted by molar-refractivity contribution is 6.33. The first-order valence-electron chi connectivity index (χ1n) is 5.30.